The van der Waals surface area contributed by atoms with Gasteiger partial charge in [0.05, 0.1) is 11.0 Å². The number of aromatic nitrogens is 2. The van der Waals surface area contributed by atoms with E-state index in [1.165, 1.54) is 10.4 Å². The van der Waals surface area contributed by atoms with Gasteiger partial charge in [-0.2, -0.15) is 5.10 Å². The van der Waals surface area contributed by atoms with Crippen LogP contribution in [0.5, 0.6) is 0 Å². The molecule has 2 N–H and O–H groups in total. The second-order valence-electron chi connectivity index (χ2n) is 5.71. The van der Waals surface area contributed by atoms with Gasteiger partial charge in [0.25, 0.3) is 0 Å². The number of thiophene rings is 1. The van der Waals surface area contributed by atoms with E-state index in [9.17, 15) is 5.11 Å². The Kier molecular flexibility index (Phi) is 4.91. The van der Waals surface area contributed by atoms with Crippen molar-refractivity contribution in [3.8, 4) is 10.6 Å². The van der Waals surface area contributed by atoms with E-state index in [2.05, 4.69) is 21.9 Å². The molecule has 0 aliphatic heterocycles. The summed E-state index contributed by atoms with van der Waals surface area (Å²) in [5, 5.41) is 20.2. The Labute approximate surface area is 140 Å². The number of aryl methyl sites for hydroxylation is 2. The molecule has 0 saturated heterocycles. The molecule has 120 valence electrons. The van der Waals surface area contributed by atoms with E-state index < -0.39 is 6.10 Å². The number of aliphatic hydroxyl groups is 1. The van der Waals surface area contributed by atoms with Crippen LogP contribution in [-0.4, -0.2) is 21.4 Å². The summed E-state index contributed by atoms with van der Waals surface area (Å²) in [6.45, 7) is 3.24. The summed E-state index contributed by atoms with van der Waals surface area (Å²) in [7, 11) is 1.93. The van der Waals surface area contributed by atoms with Gasteiger partial charge in [0.1, 0.15) is 5.69 Å². The van der Waals surface area contributed by atoms with Gasteiger partial charge in [0, 0.05) is 31.9 Å². The zero-order valence-corrected chi connectivity index (χ0v) is 14.2. The minimum absolute atomic E-state index is 0.502. The zero-order chi connectivity index (χ0) is 16.2. The molecule has 0 amide bonds. The van der Waals surface area contributed by atoms with Crippen molar-refractivity contribution in [3.05, 3.63) is 64.7 Å². The van der Waals surface area contributed by atoms with Gasteiger partial charge in [0.15, 0.2) is 0 Å². The molecule has 1 atom stereocenters. The van der Waals surface area contributed by atoms with Gasteiger partial charge in [-0.3, -0.25) is 4.68 Å². The van der Waals surface area contributed by atoms with Crippen molar-refractivity contribution in [3.63, 3.8) is 0 Å². The first-order valence-electron chi connectivity index (χ1n) is 7.65. The van der Waals surface area contributed by atoms with Crippen LogP contribution in [-0.2, 0) is 13.6 Å². The summed E-state index contributed by atoms with van der Waals surface area (Å²) in [6.07, 6.45) is 1.53. The molecule has 0 bridgehead atoms. The molecule has 0 saturated carbocycles. The first-order chi connectivity index (χ1) is 11.1. The number of aliphatic hydroxyl groups excluding tert-OH is 1. The first-order valence-corrected chi connectivity index (χ1v) is 8.53. The summed E-state index contributed by atoms with van der Waals surface area (Å²) in [5.74, 6) is 0. The number of hydrogen-bond acceptors (Lipinski definition) is 4. The van der Waals surface area contributed by atoms with Crippen LogP contribution in [0.15, 0.2) is 48.0 Å². The van der Waals surface area contributed by atoms with Crippen LogP contribution in [0.3, 0.4) is 0 Å². The molecule has 4 nitrogen and oxygen atoms in total. The Balaban J connectivity index is 1.62. The second-order valence-corrected chi connectivity index (χ2v) is 6.66. The fraction of sp³-hybridized carbons (Fsp3) is 0.278. The fourth-order valence-electron chi connectivity index (χ4n) is 2.54. The van der Waals surface area contributed by atoms with Crippen molar-refractivity contribution in [2.24, 2.45) is 7.05 Å². The molecule has 0 fully saturated rings. The Morgan fingerprint density at radius 2 is 2.04 bits per heavy atom. The van der Waals surface area contributed by atoms with Crippen LogP contribution in [0.1, 0.15) is 22.8 Å². The molecular weight excluding hydrogens is 306 g/mol. The van der Waals surface area contributed by atoms with Crippen LogP contribution in [0, 0.1) is 6.92 Å². The summed E-state index contributed by atoms with van der Waals surface area (Å²) < 4.78 is 1.84. The van der Waals surface area contributed by atoms with Crippen molar-refractivity contribution >= 4 is 11.3 Å². The quantitative estimate of drug-likeness (QED) is 0.730. The van der Waals surface area contributed by atoms with Crippen LogP contribution >= 0.6 is 11.3 Å². The van der Waals surface area contributed by atoms with Crippen molar-refractivity contribution in [1.29, 1.82) is 0 Å². The number of benzene rings is 1. The topological polar surface area (TPSA) is 50.1 Å². The van der Waals surface area contributed by atoms with Gasteiger partial charge in [-0.15, -0.1) is 11.3 Å². The highest BCUT2D eigenvalue weighted by Crippen LogP contribution is 2.26. The largest absolute Gasteiger partial charge is 0.387 e. The molecule has 0 spiro atoms. The molecule has 3 rings (SSSR count). The lowest BCUT2D eigenvalue weighted by molar-refractivity contribution is 0.174. The molecule has 23 heavy (non-hydrogen) atoms. The van der Waals surface area contributed by atoms with Gasteiger partial charge in [0.2, 0.25) is 0 Å². The lowest BCUT2D eigenvalue weighted by Gasteiger charge is -2.12. The number of hydrogen-bond donors (Lipinski definition) is 2. The monoisotopic (exact) mass is 327 g/mol. The van der Waals surface area contributed by atoms with Crippen molar-refractivity contribution < 1.29 is 5.11 Å². The second kappa shape index (κ2) is 7.08. The average molecular weight is 327 g/mol. The zero-order valence-electron chi connectivity index (χ0n) is 13.4. The van der Waals surface area contributed by atoms with Gasteiger partial charge >= 0.3 is 0 Å². The first kappa shape index (κ1) is 15.9. The lowest BCUT2D eigenvalue weighted by Crippen LogP contribution is -2.21. The molecule has 3 aromatic rings. The van der Waals surface area contributed by atoms with Crippen molar-refractivity contribution in [2.45, 2.75) is 19.6 Å². The Bertz CT molecular complexity index is 747. The molecule has 2 aromatic heterocycles. The Morgan fingerprint density at radius 3 is 2.74 bits per heavy atom. The van der Waals surface area contributed by atoms with E-state index in [0.29, 0.717) is 13.1 Å². The number of nitrogens with one attached hydrogen (secondary N) is 1. The SMILES string of the molecule is Cc1ccc(C(O)CNCc2cn(C)nc2-c2cccs2)cc1. The number of nitrogens with zero attached hydrogens (tertiary/aromatic N) is 2. The maximum atomic E-state index is 10.3. The Morgan fingerprint density at radius 1 is 1.26 bits per heavy atom. The highest BCUT2D eigenvalue weighted by molar-refractivity contribution is 7.13. The van der Waals surface area contributed by atoms with E-state index >= 15 is 0 Å². The van der Waals surface area contributed by atoms with Crippen LogP contribution in [0.4, 0.5) is 0 Å². The third-order valence-electron chi connectivity index (χ3n) is 3.77. The van der Waals surface area contributed by atoms with Gasteiger partial charge in [-0.25, -0.2) is 0 Å². The number of rotatable bonds is 6. The normalized spacial score (nSPS) is 12.5. The van der Waals surface area contributed by atoms with Crippen molar-refractivity contribution in [2.75, 3.05) is 6.54 Å². The van der Waals surface area contributed by atoms with Crippen LogP contribution < -0.4 is 5.32 Å². The molecular formula is C18H21N3OS. The molecule has 0 aliphatic carbocycles. The van der Waals surface area contributed by atoms with E-state index in [1.54, 1.807) is 11.3 Å². The predicted molar refractivity (Wildman–Crippen MR) is 94.4 cm³/mol. The Hall–Kier alpha value is -1.95. The molecule has 2 heterocycles. The fourth-order valence-corrected chi connectivity index (χ4v) is 3.28. The van der Waals surface area contributed by atoms with E-state index in [4.69, 9.17) is 0 Å². The summed E-state index contributed by atoms with van der Waals surface area (Å²) in [5.41, 5.74) is 4.29. The minimum atomic E-state index is -0.502. The molecule has 0 radical (unpaired) electrons. The maximum absolute atomic E-state index is 10.3. The van der Waals surface area contributed by atoms with Crippen LogP contribution in [0.2, 0.25) is 0 Å². The van der Waals surface area contributed by atoms with Gasteiger partial charge in [-0.1, -0.05) is 35.9 Å². The lowest BCUT2D eigenvalue weighted by atomic mass is 10.1. The van der Waals surface area contributed by atoms with E-state index in [1.807, 2.05) is 55.2 Å². The molecule has 1 unspecified atom stereocenters. The van der Waals surface area contributed by atoms with Gasteiger partial charge < -0.3 is 10.4 Å². The third-order valence-corrected chi connectivity index (χ3v) is 4.65. The summed E-state index contributed by atoms with van der Waals surface area (Å²) in [4.78, 5) is 1.17. The van der Waals surface area contributed by atoms with E-state index in [-0.39, 0.29) is 0 Å². The minimum Gasteiger partial charge on any atom is -0.387 e. The molecule has 1 aromatic carbocycles. The predicted octanol–water partition coefficient (Wildman–Crippen LogP) is 3.28. The highest BCUT2D eigenvalue weighted by Gasteiger charge is 2.12. The van der Waals surface area contributed by atoms with Crippen LogP contribution in [0.25, 0.3) is 10.6 Å². The highest BCUT2D eigenvalue weighted by atomic mass is 32.1. The van der Waals surface area contributed by atoms with Crippen molar-refractivity contribution in [1.82, 2.24) is 15.1 Å². The maximum Gasteiger partial charge on any atom is 0.107 e. The standard InChI is InChI=1S/C18H21N3OS/c1-13-5-7-14(8-6-13)16(22)11-19-10-15-12-21(2)20-18(15)17-4-3-9-23-17/h3-9,12,16,19,22H,10-11H2,1-2H3. The molecule has 5 heteroatoms. The van der Waals surface area contributed by atoms with E-state index in [0.717, 1.165) is 16.8 Å². The average Bonchev–Trinajstić information content (AvgIpc) is 3.17. The van der Waals surface area contributed by atoms with Gasteiger partial charge in [-0.05, 0) is 23.9 Å². The third kappa shape index (κ3) is 3.88. The smallest absolute Gasteiger partial charge is 0.107 e. The molecule has 0 aliphatic rings. The summed E-state index contributed by atoms with van der Waals surface area (Å²) in [6, 6.07) is 12.1. The summed E-state index contributed by atoms with van der Waals surface area (Å²) >= 11 is 1.69.